The molecule has 1 aromatic carbocycles. The van der Waals surface area contributed by atoms with Crippen LogP contribution in [0.4, 0.5) is 17.5 Å². The zero-order chi connectivity index (χ0) is 24.6. The van der Waals surface area contributed by atoms with Crippen LogP contribution in [0.15, 0.2) is 24.3 Å². The molecule has 0 radical (unpaired) electrons. The third-order valence-corrected chi connectivity index (χ3v) is 7.40. The minimum absolute atomic E-state index is 0.0250. The summed E-state index contributed by atoms with van der Waals surface area (Å²) in [5, 5.41) is 6.27. The molecule has 0 saturated carbocycles. The molecule has 0 bridgehead atoms. The average Bonchev–Trinajstić information content (AvgIpc) is 3.30. The Balaban J connectivity index is 1.60. The molecule has 1 aliphatic rings. The van der Waals surface area contributed by atoms with E-state index in [-0.39, 0.29) is 12.3 Å². The van der Waals surface area contributed by atoms with Crippen LogP contribution < -0.4 is 20.1 Å². The van der Waals surface area contributed by atoms with Crippen molar-refractivity contribution in [3.63, 3.8) is 0 Å². The van der Waals surface area contributed by atoms with Crippen molar-refractivity contribution in [3.05, 3.63) is 30.0 Å². The number of nitrogens with one attached hydrogen (secondary N) is 2. The summed E-state index contributed by atoms with van der Waals surface area (Å²) in [7, 11) is 1.38. The van der Waals surface area contributed by atoms with E-state index in [1.807, 2.05) is 25.1 Å². The molecule has 0 aliphatic carbocycles. The molecular formula is C23H36N6O4S. The Morgan fingerprint density at radius 1 is 1.12 bits per heavy atom. The number of hydrogen-bond acceptors (Lipinski definition) is 9. The van der Waals surface area contributed by atoms with Gasteiger partial charge in [0.05, 0.1) is 19.5 Å². The van der Waals surface area contributed by atoms with Crippen LogP contribution in [0.3, 0.4) is 0 Å². The topological polar surface area (TPSA) is 109 Å². The molecule has 10 nitrogen and oxygen atoms in total. The Kier molecular flexibility index (Phi) is 9.31. The highest BCUT2D eigenvalue weighted by atomic mass is 32.2. The van der Waals surface area contributed by atoms with E-state index in [0.29, 0.717) is 29.9 Å². The summed E-state index contributed by atoms with van der Waals surface area (Å²) >= 11 is 0. The Morgan fingerprint density at radius 3 is 2.59 bits per heavy atom. The summed E-state index contributed by atoms with van der Waals surface area (Å²) in [5.74, 6) is 2.26. The Morgan fingerprint density at radius 2 is 1.88 bits per heavy atom. The fourth-order valence-corrected chi connectivity index (χ4v) is 4.40. The molecule has 2 N–H and O–H groups in total. The zero-order valence-electron chi connectivity index (χ0n) is 20.5. The van der Waals surface area contributed by atoms with E-state index in [9.17, 15) is 8.42 Å². The molecule has 0 atom stereocenters. The van der Waals surface area contributed by atoms with Crippen LogP contribution in [0, 0.1) is 6.92 Å². The van der Waals surface area contributed by atoms with Crippen LogP contribution in [-0.4, -0.2) is 87.3 Å². The van der Waals surface area contributed by atoms with Gasteiger partial charge >= 0.3 is 0 Å². The van der Waals surface area contributed by atoms with Crippen molar-refractivity contribution in [1.29, 1.82) is 0 Å². The van der Waals surface area contributed by atoms with Gasteiger partial charge in [-0.25, -0.2) is 17.7 Å². The van der Waals surface area contributed by atoms with Gasteiger partial charge < -0.3 is 25.0 Å². The van der Waals surface area contributed by atoms with Crippen LogP contribution >= 0.6 is 0 Å². The molecule has 188 valence electrons. The van der Waals surface area contributed by atoms with E-state index >= 15 is 0 Å². The molecule has 0 unspecified atom stereocenters. The number of ether oxygens (including phenoxy) is 2. The van der Waals surface area contributed by atoms with Gasteiger partial charge in [0.2, 0.25) is 16.0 Å². The summed E-state index contributed by atoms with van der Waals surface area (Å²) in [5.41, 5.74) is 1.52. The van der Waals surface area contributed by atoms with Crippen molar-refractivity contribution in [3.8, 4) is 11.5 Å². The Bertz CT molecular complexity index is 1040. The van der Waals surface area contributed by atoms with E-state index in [1.54, 1.807) is 13.2 Å². The molecule has 11 heteroatoms. The predicted molar refractivity (Wildman–Crippen MR) is 135 cm³/mol. The molecule has 1 fully saturated rings. The molecule has 34 heavy (non-hydrogen) atoms. The summed E-state index contributed by atoms with van der Waals surface area (Å²) in [6, 6.07) is 7.37. The number of aromatic nitrogens is 2. The minimum atomic E-state index is -3.28. The third kappa shape index (κ3) is 7.71. The first-order valence-corrected chi connectivity index (χ1v) is 13.2. The first kappa shape index (κ1) is 26.0. The lowest BCUT2D eigenvalue weighted by Gasteiger charge is -2.16. The number of methoxy groups -OCH3 is 1. The monoisotopic (exact) mass is 492 g/mol. The van der Waals surface area contributed by atoms with Crippen molar-refractivity contribution in [2.24, 2.45) is 0 Å². The second-order valence-electron chi connectivity index (χ2n) is 8.48. The number of benzene rings is 1. The summed E-state index contributed by atoms with van der Waals surface area (Å²) in [6.07, 6.45) is 3.53. The van der Waals surface area contributed by atoms with Crippen molar-refractivity contribution >= 4 is 27.5 Å². The zero-order valence-corrected chi connectivity index (χ0v) is 21.3. The first-order chi connectivity index (χ1) is 16.3. The van der Waals surface area contributed by atoms with E-state index < -0.39 is 10.0 Å². The quantitative estimate of drug-likeness (QED) is 0.408. The van der Waals surface area contributed by atoms with Gasteiger partial charge in [-0.2, -0.15) is 4.98 Å². The predicted octanol–water partition coefficient (Wildman–Crippen LogP) is 2.71. The molecule has 0 amide bonds. The van der Waals surface area contributed by atoms with Gasteiger partial charge in [-0.1, -0.05) is 0 Å². The standard InChI is InChI=1S/C23H36N6O4S/c1-18-16-22(24-10-15-34(30,31)28(2)3)27-23(25-18)26-19-8-9-20(32-4)21(17-19)33-14-7-13-29-11-5-6-12-29/h8-9,16-17H,5-7,10-15H2,1-4H3,(H2,24,25,26,27). The Labute approximate surface area is 202 Å². The lowest BCUT2D eigenvalue weighted by molar-refractivity contribution is 0.254. The van der Waals surface area contributed by atoms with E-state index in [4.69, 9.17) is 9.47 Å². The number of sulfonamides is 1. The van der Waals surface area contributed by atoms with Gasteiger partial charge in [-0.3, -0.25) is 0 Å². The van der Waals surface area contributed by atoms with Crippen LogP contribution in [0.25, 0.3) is 0 Å². The fourth-order valence-electron chi connectivity index (χ4n) is 3.68. The van der Waals surface area contributed by atoms with Gasteiger partial charge in [0.15, 0.2) is 11.5 Å². The van der Waals surface area contributed by atoms with Gasteiger partial charge in [0, 0.05) is 50.7 Å². The van der Waals surface area contributed by atoms with Crippen molar-refractivity contribution in [2.75, 3.05) is 70.4 Å². The van der Waals surface area contributed by atoms with Gasteiger partial charge in [-0.15, -0.1) is 0 Å². The van der Waals surface area contributed by atoms with Crippen LogP contribution in [0.1, 0.15) is 25.0 Å². The highest BCUT2D eigenvalue weighted by Gasteiger charge is 2.14. The maximum Gasteiger partial charge on any atom is 0.229 e. The molecule has 2 aromatic rings. The van der Waals surface area contributed by atoms with Gasteiger partial charge in [0.1, 0.15) is 5.82 Å². The maximum atomic E-state index is 12.0. The maximum absolute atomic E-state index is 12.0. The lowest BCUT2D eigenvalue weighted by Crippen LogP contribution is -2.28. The molecule has 1 saturated heterocycles. The number of likely N-dealkylation sites (tertiary alicyclic amines) is 1. The van der Waals surface area contributed by atoms with E-state index in [1.165, 1.54) is 44.3 Å². The Hall–Kier alpha value is -2.63. The highest BCUT2D eigenvalue weighted by molar-refractivity contribution is 7.89. The second kappa shape index (κ2) is 12.2. The SMILES string of the molecule is COc1ccc(Nc2nc(C)cc(NCCS(=O)(=O)N(C)C)n2)cc1OCCCN1CCCC1. The molecule has 0 spiro atoms. The summed E-state index contributed by atoms with van der Waals surface area (Å²) in [6.45, 7) is 6.12. The largest absolute Gasteiger partial charge is 0.493 e. The van der Waals surface area contributed by atoms with Crippen LogP contribution in [-0.2, 0) is 10.0 Å². The molecule has 1 aliphatic heterocycles. The minimum Gasteiger partial charge on any atom is -0.493 e. The van der Waals surface area contributed by atoms with Crippen LogP contribution in [0.5, 0.6) is 11.5 Å². The van der Waals surface area contributed by atoms with Crippen LogP contribution in [0.2, 0.25) is 0 Å². The van der Waals surface area contributed by atoms with Gasteiger partial charge in [0.25, 0.3) is 0 Å². The van der Waals surface area contributed by atoms with Crippen molar-refractivity contribution in [1.82, 2.24) is 19.2 Å². The van der Waals surface area contributed by atoms with E-state index in [2.05, 4.69) is 25.5 Å². The van der Waals surface area contributed by atoms with Crippen molar-refractivity contribution in [2.45, 2.75) is 26.2 Å². The fraction of sp³-hybridized carbons (Fsp3) is 0.565. The number of hydrogen-bond donors (Lipinski definition) is 2. The smallest absolute Gasteiger partial charge is 0.229 e. The molecule has 2 heterocycles. The number of rotatable bonds is 13. The number of aryl methyl sites for hydroxylation is 1. The van der Waals surface area contributed by atoms with E-state index in [0.717, 1.165) is 24.3 Å². The molecule has 3 rings (SSSR count). The normalized spacial score (nSPS) is 14.4. The summed E-state index contributed by atoms with van der Waals surface area (Å²) < 4.78 is 36.6. The van der Waals surface area contributed by atoms with Gasteiger partial charge in [-0.05, 0) is 51.4 Å². The average molecular weight is 493 g/mol. The lowest BCUT2D eigenvalue weighted by atomic mass is 10.2. The molecule has 1 aromatic heterocycles. The third-order valence-electron chi connectivity index (χ3n) is 5.57. The first-order valence-electron chi connectivity index (χ1n) is 11.6. The summed E-state index contributed by atoms with van der Waals surface area (Å²) in [4.78, 5) is 11.4. The number of nitrogens with zero attached hydrogens (tertiary/aromatic N) is 4. The number of anilines is 3. The van der Waals surface area contributed by atoms with Crippen molar-refractivity contribution < 1.29 is 17.9 Å². The second-order valence-corrected chi connectivity index (χ2v) is 10.8. The molecular weight excluding hydrogens is 456 g/mol. The highest BCUT2D eigenvalue weighted by Crippen LogP contribution is 2.31.